The van der Waals surface area contributed by atoms with Crippen LogP contribution in [0.15, 0.2) is 0 Å². The second kappa shape index (κ2) is 17.7. The largest absolute Gasteiger partial charge is 0.355 e. The van der Waals surface area contributed by atoms with Gasteiger partial charge in [-0.3, -0.25) is 14.4 Å². The zero-order chi connectivity index (χ0) is 20.3. The number of hydrogen-bond donors (Lipinski definition) is 5. The van der Waals surface area contributed by atoms with Crippen LogP contribution in [0.5, 0.6) is 0 Å². The molecular weight excluding hydrogens is 348 g/mol. The average molecular weight is 387 g/mol. The SMILES string of the molecule is CCCCCC(=O)NCCN(CCC(=O)NCCN)CCC(=O)NCCN. The standard InChI is InChI=1S/C18H38N6O3/c1-2-3-4-5-16(25)23-12-15-24(13-6-17(26)21-10-8-19)14-7-18(27)22-11-9-20/h2-15,19-20H2,1H3,(H,21,26)(H,22,27)(H,23,25). The van der Waals surface area contributed by atoms with Crippen molar-refractivity contribution in [1.29, 1.82) is 0 Å². The molecule has 0 atom stereocenters. The quantitative estimate of drug-likeness (QED) is 0.201. The maximum atomic E-state index is 11.8. The van der Waals surface area contributed by atoms with E-state index in [0.717, 1.165) is 19.3 Å². The minimum Gasteiger partial charge on any atom is -0.355 e. The fraction of sp³-hybridized carbons (Fsp3) is 0.833. The van der Waals surface area contributed by atoms with E-state index >= 15 is 0 Å². The Morgan fingerprint density at radius 3 is 1.67 bits per heavy atom. The number of unbranched alkanes of at least 4 members (excludes halogenated alkanes) is 2. The molecule has 0 aromatic heterocycles. The van der Waals surface area contributed by atoms with Crippen molar-refractivity contribution >= 4 is 17.7 Å². The molecule has 0 heterocycles. The Labute approximate surface area is 163 Å². The van der Waals surface area contributed by atoms with Gasteiger partial charge in [-0.1, -0.05) is 19.8 Å². The maximum Gasteiger partial charge on any atom is 0.221 e. The molecule has 3 amide bonds. The van der Waals surface area contributed by atoms with Crippen LogP contribution in [0.25, 0.3) is 0 Å². The summed E-state index contributed by atoms with van der Waals surface area (Å²) in [4.78, 5) is 37.3. The van der Waals surface area contributed by atoms with Gasteiger partial charge in [-0.2, -0.15) is 0 Å². The van der Waals surface area contributed by atoms with Gasteiger partial charge in [0, 0.05) is 71.6 Å². The van der Waals surface area contributed by atoms with E-state index in [2.05, 4.69) is 22.9 Å². The van der Waals surface area contributed by atoms with Crippen LogP contribution >= 0.6 is 0 Å². The van der Waals surface area contributed by atoms with E-state index in [0.29, 0.717) is 71.6 Å². The van der Waals surface area contributed by atoms with Crippen LogP contribution in [0.3, 0.4) is 0 Å². The molecule has 27 heavy (non-hydrogen) atoms. The first-order valence-electron chi connectivity index (χ1n) is 9.96. The molecule has 0 spiro atoms. The molecular formula is C18H38N6O3. The van der Waals surface area contributed by atoms with Crippen molar-refractivity contribution in [2.75, 3.05) is 52.4 Å². The highest BCUT2D eigenvalue weighted by atomic mass is 16.2. The van der Waals surface area contributed by atoms with Crippen molar-refractivity contribution in [2.45, 2.75) is 45.4 Å². The third kappa shape index (κ3) is 16.2. The second-order valence-corrected chi connectivity index (χ2v) is 6.43. The summed E-state index contributed by atoms with van der Waals surface area (Å²) < 4.78 is 0. The van der Waals surface area contributed by atoms with Gasteiger partial charge in [-0.25, -0.2) is 0 Å². The van der Waals surface area contributed by atoms with Gasteiger partial charge in [0.05, 0.1) is 0 Å². The van der Waals surface area contributed by atoms with Crippen molar-refractivity contribution < 1.29 is 14.4 Å². The Morgan fingerprint density at radius 2 is 1.19 bits per heavy atom. The highest BCUT2D eigenvalue weighted by Crippen LogP contribution is 1.99. The molecule has 0 bridgehead atoms. The van der Waals surface area contributed by atoms with E-state index in [-0.39, 0.29) is 17.7 Å². The molecule has 9 heteroatoms. The highest BCUT2D eigenvalue weighted by molar-refractivity contribution is 5.77. The topological polar surface area (TPSA) is 143 Å². The summed E-state index contributed by atoms with van der Waals surface area (Å²) in [5, 5.41) is 8.36. The first kappa shape index (κ1) is 25.3. The Kier molecular flexibility index (Phi) is 16.6. The smallest absolute Gasteiger partial charge is 0.221 e. The summed E-state index contributed by atoms with van der Waals surface area (Å²) in [5.41, 5.74) is 10.7. The molecule has 0 aliphatic carbocycles. The molecule has 0 unspecified atom stereocenters. The lowest BCUT2D eigenvalue weighted by atomic mass is 10.2. The van der Waals surface area contributed by atoms with Crippen LogP contribution in [0.4, 0.5) is 0 Å². The second-order valence-electron chi connectivity index (χ2n) is 6.43. The number of hydrogen-bond acceptors (Lipinski definition) is 6. The van der Waals surface area contributed by atoms with Crippen molar-refractivity contribution in [3.63, 3.8) is 0 Å². The van der Waals surface area contributed by atoms with E-state index in [1.807, 2.05) is 4.90 Å². The minimum atomic E-state index is -0.0679. The van der Waals surface area contributed by atoms with E-state index in [9.17, 15) is 14.4 Å². The third-order valence-electron chi connectivity index (χ3n) is 4.00. The Bertz CT molecular complexity index is 396. The van der Waals surface area contributed by atoms with Crippen molar-refractivity contribution in [1.82, 2.24) is 20.9 Å². The van der Waals surface area contributed by atoms with Crippen molar-refractivity contribution in [2.24, 2.45) is 11.5 Å². The Balaban J connectivity index is 4.26. The summed E-state index contributed by atoms with van der Waals surface area (Å²) >= 11 is 0. The first-order chi connectivity index (χ1) is 13.0. The van der Waals surface area contributed by atoms with Gasteiger partial charge in [0.15, 0.2) is 0 Å². The number of carbonyl (C=O) groups is 3. The zero-order valence-electron chi connectivity index (χ0n) is 16.7. The molecule has 0 saturated heterocycles. The summed E-state index contributed by atoms with van der Waals surface area (Å²) in [6, 6.07) is 0. The normalized spacial score (nSPS) is 10.7. The van der Waals surface area contributed by atoms with Crippen molar-refractivity contribution in [3.8, 4) is 0 Å². The van der Waals surface area contributed by atoms with Crippen LogP contribution in [0.2, 0.25) is 0 Å². The van der Waals surface area contributed by atoms with Crippen LogP contribution in [0, 0.1) is 0 Å². The molecule has 0 aliphatic heterocycles. The molecule has 0 aromatic rings. The number of amides is 3. The number of nitrogens with zero attached hydrogens (tertiary/aromatic N) is 1. The molecule has 9 nitrogen and oxygen atoms in total. The minimum absolute atomic E-state index is 0.0461. The fourth-order valence-corrected chi connectivity index (χ4v) is 2.43. The summed E-state index contributed by atoms with van der Waals surface area (Å²) in [5.74, 6) is -0.0898. The fourth-order valence-electron chi connectivity index (χ4n) is 2.43. The van der Waals surface area contributed by atoms with Crippen LogP contribution < -0.4 is 27.4 Å². The molecule has 0 saturated carbocycles. The molecule has 0 fully saturated rings. The zero-order valence-corrected chi connectivity index (χ0v) is 16.7. The molecule has 0 aliphatic rings. The lowest BCUT2D eigenvalue weighted by molar-refractivity contribution is -0.123. The van der Waals surface area contributed by atoms with Crippen molar-refractivity contribution in [3.05, 3.63) is 0 Å². The predicted octanol–water partition coefficient (Wildman–Crippen LogP) is -1.09. The van der Waals surface area contributed by atoms with Gasteiger partial charge in [0.1, 0.15) is 0 Å². The van der Waals surface area contributed by atoms with Crippen LogP contribution in [-0.2, 0) is 14.4 Å². The van der Waals surface area contributed by atoms with Gasteiger partial charge in [-0.15, -0.1) is 0 Å². The monoisotopic (exact) mass is 386 g/mol. The van der Waals surface area contributed by atoms with E-state index in [1.165, 1.54) is 0 Å². The van der Waals surface area contributed by atoms with E-state index in [1.54, 1.807) is 0 Å². The molecule has 0 radical (unpaired) electrons. The lowest BCUT2D eigenvalue weighted by Crippen LogP contribution is -2.40. The molecule has 0 rings (SSSR count). The van der Waals surface area contributed by atoms with E-state index in [4.69, 9.17) is 11.5 Å². The number of rotatable bonds is 17. The molecule has 7 N–H and O–H groups in total. The van der Waals surface area contributed by atoms with Crippen LogP contribution in [-0.4, -0.2) is 75.0 Å². The number of nitrogens with two attached hydrogens (primary N) is 2. The van der Waals surface area contributed by atoms with Gasteiger partial charge in [-0.05, 0) is 6.42 Å². The number of nitrogens with one attached hydrogen (secondary N) is 3. The molecule has 0 aromatic carbocycles. The summed E-state index contributed by atoms with van der Waals surface area (Å²) in [7, 11) is 0. The summed E-state index contributed by atoms with van der Waals surface area (Å²) in [6.45, 7) is 5.94. The lowest BCUT2D eigenvalue weighted by Gasteiger charge is -2.22. The average Bonchev–Trinajstić information content (AvgIpc) is 2.66. The van der Waals surface area contributed by atoms with Gasteiger partial charge in [0.2, 0.25) is 17.7 Å². The number of carbonyl (C=O) groups excluding carboxylic acids is 3. The third-order valence-corrected chi connectivity index (χ3v) is 4.00. The summed E-state index contributed by atoms with van der Waals surface area (Å²) in [6.07, 6.45) is 4.23. The Morgan fingerprint density at radius 1 is 0.704 bits per heavy atom. The van der Waals surface area contributed by atoms with Gasteiger partial charge >= 0.3 is 0 Å². The first-order valence-corrected chi connectivity index (χ1v) is 9.96. The van der Waals surface area contributed by atoms with Gasteiger partial charge in [0.25, 0.3) is 0 Å². The highest BCUT2D eigenvalue weighted by Gasteiger charge is 2.11. The van der Waals surface area contributed by atoms with Gasteiger partial charge < -0.3 is 32.3 Å². The predicted molar refractivity (Wildman–Crippen MR) is 107 cm³/mol. The maximum absolute atomic E-state index is 11.8. The molecule has 158 valence electrons. The Hall–Kier alpha value is -1.71. The van der Waals surface area contributed by atoms with Crippen LogP contribution in [0.1, 0.15) is 45.4 Å². The van der Waals surface area contributed by atoms with E-state index < -0.39 is 0 Å².